The van der Waals surface area contributed by atoms with Gasteiger partial charge in [-0.2, -0.15) is 0 Å². The summed E-state index contributed by atoms with van der Waals surface area (Å²) in [6.45, 7) is 1.56. The summed E-state index contributed by atoms with van der Waals surface area (Å²) in [7, 11) is -3.70. The Morgan fingerprint density at radius 3 is 2.14 bits per heavy atom. The lowest BCUT2D eigenvalue weighted by atomic mass is 10.1. The van der Waals surface area contributed by atoms with Gasteiger partial charge in [-0.25, -0.2) is 21.9 Å². The highest BCUT2D eigenvalue weighted by molar-refractivity contribution is 7.89. The SMILES string of the molecule is CC(Cc1c(F)cccc1F)NS(=O)(=O)c1ccccc1. The first-order valence-electron chi connectivity index (χ1n) is 6.40. The van der Waals surface area contributed by atoms with Crippen LogP contribution in [0.25, 0.3) is 0 Å². The smallest absolute Gasteiger partial charge is 0.208 e. The van der Waals surface area contributed by atoms with E-state index in [1.807, 2.05) is 0 Å². The molecule has 2 aromatic carbocycles. The minimum absolute atomic E-state index is 0.0649. The minimum Gasteiger partial charge on any atom is -0.208 e. The third kappa shape index (κ3) is 3.86. The lowest BCUT2D eigenvalue weighted by Crippen LogP contribution is -2.34. The molecule has 0 radical (unpaired) electrons. The molecule has 0 aromatic heterocycles. The van der Waals surface area contributed by atoms with E-state index in [1.165, 1.54) is 18.2 Å². The maximum Gasteiger partial charge on any atom is 0.240 e. The van der Waals surface area contributed by atoms with Gasteiger partial charge >= 0.3 is 0 Å². The van der Waals surface area contributed by atoms with Crippen LogP contribution < -0.4 is 4.72 Å². The van der Waals surface area contributed by atoms with Gasteiger partial charge in [-0.3, -0.25) is 0 Å². The molecule has 0 saturated heterocycles. The summed E-state index contributed by atoms with van der Waals surface area (Å²) in [4.78, 5) is 0.117. The van der Waals surface area contributed by atoms with Crippen molar-refractivity contribution in [3.8, 4) is 0 Å². The van der Waals surface area contributed by atoms with E-state index in [0.29, 0.717) is 0 Å². The first kappa shape index (κ1) is 15.6. The third-order valence-corrected chi connectivity index (χ3v) is 4.59. The molecule has 21 heavy (non-hydrogen) atoms. The second-order valence-electron chi connectivity index (χ2n) is 4.74. The van der Waals surface area contributed by atoms with Crippen LogP contribution in [0, 0.1) is 11.6 Å². The quantitative estimate of drug-likeness (QED) is 0.923. The number of sulfonamides is 1. The van der Waals surface area contributed by atoms with Gasteiger partial charge in [0.1, 0.15) is 11.6 Å². The van der Waals surface area contributed by atoms with Crippen molar-refractivity contribution in [2.24, 2.45) is 0 Å². The molecular formula is C15H15F2NO2S. The van der Waals surface area contributed by atoms with E-state index < -0.39 is 27.7 Å². The molecule has 1 atom stereocenters. The normalized spacial score (nSPS) is 13.1. The van der Waals surface area contributed by atoms with E-state index in [0.717, 1.165) is 12.1 Å². The summed E-state index contributed by atoms with van der Waals surface area (Å²) >= 11 is 0. The Labute approximate surface area is 122 Å². The van der Waals surface area contributed by atoms with Gasteiger partial charge in [0.05, 0.1) is 4.90 Å². The highest BCUT2D eigenvalue weighted by Crippen LogP contribution is 2.15. The van der Waals surface area contributed by atoms with Crippen molar-refractivity contribution >= 4 is 10.0 Å². The van der Waals surface area contributed by atoms with Crippen LogP contribution in [-0.4, -0.2) is 14.5 Å². The lowest BCUT2D eigenvalue weighted by molar-refractivity contribution is 0.523. The highest BCUT2D eigenvalue weighted by atomic mass is 32.2. The Morgan fingerprint density at radius 1 is 1.00 bits per heavy atom. The molecule has 3 nitrogen and oxygen atoms in total. The molecule has 0 amide bonds. The highest BCUT2D eigenvalue weighted by Gasteiger charge is 2.19. The summed E-state index contributed by atoms with van der Waals surface area (Å²) in [6, 6.07) is 10.8. The summed E-state index contributed by atoms with van der Waals surface area (Å²) in [6.07, 6.45) is -0.0649. The fourth-order valence-corrected chi connectivity index (χ4v) is 3.27. The van der Waals surface area contributed by atoms with Gasteiger partial charge < -0.3 is 0 Å². The molecule has 0 bridgehead atoms. The Hall–Kier alpha value is -1.79. The zero-order chi connectivity index (χ0) is 15.5. The van der Waals surface area contributed by atoms with Gasteiger partial charge in [-0.15, -0.1) is 0 Å². The second-order valence-corrected chi connectivity index (χ2v) is 6.45. The Morgan fingerprint density at radius 2 is 1.57 bits per heavy atom. The molecule has 0 aliphatic heterocycles. The maximum atomic E-state index is 13.5. The molecule has 1 N–H and O–H groups in total. The van der Waals surface area contributed by atoms with E-state index in [-0.39, 0.29) is 16.9 Å². The molecule has 0 aliphatic carbocycles. The summed E-state index contributed by atoms with van der Waals surface area (Å²) in [5.74, 6) is -1.36. The van der Waals surface area contributed by atoms with Crippen molar-refractivity contribution in [3.63, 3.8) is 0 Å². The molecule has 0 fully saturated rings. The number of rotatable bonds is 5. The first-order valence-corrected chi connectivity index (χ1v) is 7.89. The van der Waals surface area contributed by atoms with Crippen LogP contribution in [0.4, 0.5) is 8.78 Å². The lowest BCUT2D eigenvalue weighted by Gasteiger charge is -2.15. The van der Waals surface area contributed by atoms with Crippen LogP contribution in [-0.2, 0) is 16.4 Å². The summed E-state index contributed by atoms with van der Waals surface area (Å²) < 4.78 is 53.7. The average molecular weight is 311 g/mol. The van der Waals surface area contributed by atoms with Gasteiger partial charge in [0.25, 0.3) is 0 Å². The number of hydrogen-bond donors (Lipinski definition) is 1. The van der Waals surface area contributed by atoms with Crippen molar-refractivity contribution in [1.82, 2.24) is 4.72 Å². The molecule has 0 spiro atoms. The topological polar surface area (TPSA) is 46.2 Å². The molecule has 112 valence electrons. The number of hydrogen-bond acceptors (Lipinski definition) is 2. The van der Waals surface area contributed by atoms with Crippen molar-refractivity contribution in [3.05, 3.63) is 65.7 Å². The zero-order valence-electron chi connectivity index (χ0n) is 11.4. The predicted octanol–water partition coefficient (Wildman–Crippen LogP) is 2.87. The van der Waals surface area contributed by atoms with Crippen molar-refractivity contribution in [1.29, 1.82) is 0 Å². The zero-order valence-corrected chi connectivity index (χ0v) is 12.2. The van der Waals surface area contributed by atoms with E-state index in [2.05, 4.69) is 4.72 Å². The van der Waals surface area contributed by atoms with Crippen LogP contribution in [0.5, 0.6) is 0 Å². The Bertz CT molecular complexity index is 697. The fourth-order valence-electron chi connectivity index (χ4n) is 2.01. The van der Waals surface area contributed by atoms with Gasteiger partial charge in [-0.1, -0.05) is 24.3 Å². The Kier molecular flexibility index (Phi) is 4.69. The van der Waals surface area contributed by atoms with Crippen LogP contribution in [0.15, 0.2) is 53.4 Å². The van der Waals surface area contributed by atoms with Crippen LogP contribution in [0.3, 0.4) is 0 Å². The molecule has 2 aromatic rings. The molecular weight excluding hydrogens is 296 g/mol. The van der Waals surface area contributed by atoms with Gasteiger partial charge in [-0.05, 0) is 37.6 Å². The molecule has 1 unspecified atom stereocenters. The third-order valence-electron chi connectivity index (χ3n) is 2.98. The molecule has 2 rings (SSSR count). The summed E-state index contributed by atoms with van der Waals surface area (Å²) in [5, 5.41) is 0. The average Bonchev–Trinajstić information content (AvgIpc) is 2.43. The molecule has 0 saturated carbocycles. The minimum atomic E-state index is -3.70. The standard InChI is InChI=1S/C15H15F2NO2S/c1-11(10-13-14(16)8-5-9-15(13)17)18-21(19,20)12-6-3-2-4-7-12/h2-9,11,18H,10H2,1H3. The summed E-state index contributed by atoms with van der Waals surface area (Å²) in [5.41, 5.74) is -0.124. The van der Waals surface area contributed by atoms with E-state index in [4.69, 9.17) is 0 Å². The first-order chi connectivity index (χ1) is 9.90. The number of halogens is 2. The number of benzene rings is 2. The number of nitrogens with one attached hydrogen (secondary N) is 1. The second kappa shape index (κ2) is 6.32. The van der Waals surface area contributed by atoms with Crippen molar-refractivity contribution in [2.45, 2.75) is 24.3 Å². The van der Waals surface area contributed by atoms with Gasteiger partial charge in [0, 0.05) is 11.6 Å². The van der Waals surface area contributed by atoms with Crippen molar-refractivity contribution < 1.29 is 17.2 Å². The monoisotopic (exact) mass is 311 g/mol. The maximum absolute atomic E-state index is 13.5. The van der Waals surface area contributed by atoms with Crippen molar-refractivity contribution in [2.75, 3.05) is 0 Å². The largest absolute Gasteiger partial charge is 0.240 e. The van der Waals surface area contributed by atoms with Crippen LogP contribution in [0.2, 0.25) is 0 Å². The Balaban J connectivity index is 2.14. The predicted molar refractivity (Wildman–Crippen MR) is 76.3 cm³/mol. The van der Waals surface area contributed by atoms with E-state index >= 15 is 0 Å². The van der Waals surface area contributed by atoms with Crippen LogP contribution >= 0.6 is 0 Å². The molecule has 0 heterocycles. The molecule has 0 aliphatic rings. The molecule has 6 heteroatoms. The van der Waals surface area contributed by atoms with E-state index in [1.54, 1.807) is 25.1 Å². The van der Waals surface area contributed by atoms with E-state index in [9.17, 15) is 17.2 Å². The van der Waals surface area contributed by atoms with Gasteiger partial charge in [0.2, 0.25) is 10.0 Å². The van der Waals surface area contributed by atoms with Gasteiger partial charge in [0.15, 0.2) is 0 Å². The fraction of sp³-hybridized carbons (Fsp3) is 0.200. The van der Waals surface area contributed by atoms with Crippen LogP contribution in [0.1, 0.15) is 12.5 Å².